The lowest BCUT2D eigenvalue weighted by atomic mass is 10.1. The molecule has 0 rings (SSSR count). The first-order chi connectivity index (χ1) is 10.3. The van der Waals surface area contributed by atoms with Crippen LogP contribution in [0.3, 0.4) is 0 Å². The Hall–Kier alpha value is -1.17. The fraction of sp³-hybridized carbons (Fsp3) is 0.875. The van der Waals surface area contributed by atoms with Crippen LogP contribution >= 0.6 is 0 Å². The van der Waals surface area contributed by atoms with E-state index in [2.05, 4.69) is 12.2 Å². The van der Waals surface area contributed by atoms with Crippen LogP contribution in [0.4, 0.5) is 4.39 Å². The molecule has 6 heteroatoms. The van der Waals surface area contributed by atoms with Gasteiger partial charge in [0.2, 0.25) is 0 Å². The minimum Gasteiger partial charge on any atom is -0.544 e. The molecule has 0 radical (unpaired) electrons. The molecule has 0 bridgehead atoms. The van der Waals surface area contributed by atoms with Crippen molar-refractivity contribution in [1.82, 2.24) is 5.32 Å². The second-order valence-corrected chi connectivity index (χ2v) is 6.50. The third kappa shape index (κ3) is 11.5. The lowest BCUT2D eigenvalue weighted by molar-refractivity contribution is -0.884. The van der Waals surface area contributed by atoms with Crippen molar-refractivity contribution in [2.24, 2.45) is 0 Å². The first-order valence-corrected chi connectivity index (χ1v) is 8.22. The molecule has 0 aliphatic heterocycles. The van der Waals surface area contributed by atoms with Gasteiger partial charge in [-0.3, -0.25) is 4.79 Å². The second-order valence-electron chi connectivity index (χ2n) is 6.50. The third-order valence-electron chi connectivity index (χ3n) is 3.64. The number of halogens is 1. The molecular formula is C16H31FN2O3. The Balaban J connectivity index is 3.73. The largest absolute Gasteiger partial charge is 0.544 e. The van der Waals surface area contributed by atoms with Crippen LogP contribution in [0.1, 0.15) is 51.9 Å². The van der Waals surface area contributed by atoms with Gasteiger partial charge in [0, 0.05) is 13.0 Å². The second kappa shape index (κ2) is 11.4. The van der Waals surface area contributed by atoms with Crippen LogP contribution in [0.15, 0.2) is 0 Å². The maximum absolute atomic E-state index is 13.6. The zero-order valence-corrected chi connectivity index (χ0v) is 14.2. The molecule has 0 saturated carbocycles. The highest BCUT2D eigenvalue weighted by Gasteiger charge is 2.18. The SMILES string of the molecule is CCCCCCCC(F)C(=O)NCCC[N+](C)(C)CC(=O)[O-]. The van der Waals surface area contributed by atoms with E-state index in [-0.39, 0.29) is 17.4 Å². The summed E-state index contributed by atoms with van der Waals surface area (Å²) in [7, 11) is 3.57. The summed E-state index contributed by atoms with van der Waals surface area (Å²) in [5.41, 5.74) is 0. The van der Waals surface area contributed by atoms with Crippen molar-refractivity contribution in [3.63, 3.8) is 0 Å². The molecule has 0 aromatic heterocycles. The number of aliphatic carboxylic acids is 1. The minimum atomic E-state index is -1.44. The minimum absolute atomic E-state index is 0.0720. The average molecular weight is 318 g/mol. The van der Waals surface area contributed by atoms with Crippen LogP contribution in [-0.4, -0.2) is 56.3 Å². The molecule has 130 valence electrons. The van der Waals surface area contributed by atoms with Gasteiger partial charge in [0.05, 0.1) is 26.6 Å². The fourth-order valence-electron chi connectivity index (χ4n) is 2.32. The average Bonchev–Trinajstić information content (AvgIpc) is 2.41. The molecular weight excluding hydrogens is 287 g/mol. The van der Waals surface area contributed by atoms with Gasteiger partial charge in [-0.25, -0.2) is 4.39 Å². The Morgan fingerprint density at radius 2 is 1.77 bits per heavy atom. The van der Waals surface area contributed by atoms with E-state index in [1.807, 2.05) is 0 Å². The van der Waals surface area contributed by atoms with E-state index in [9.17, 15) is 19.1 Å². The summed E-state index contributed by atoms with van der Waals surface area (Å²) in [4.78, 5) is 22.1. The first-order valence-electron chi connectivity index (χ1n) is 8.22. The molecule has 0 aromatic rings. The summed E-state index contributed by atoms with van der Waals surface area (Å²) >= 11 is 0. The predicted molar refractivity (Wildman–Crippen MR) is 82.7 cm³/mol. The van der Waals surface area contributed by atoms with Crippen molar-refractivity contribution in [2.75, 3.05) is 33.7 Å². The van der Waals surface area contributed by atoms with Crippen molar-refractivity contribution in [2.45, 2.75) is 58.0 Å². The van der Waals surface area contributed by atoms with Gasteiger partial charge in [-0.2, -0.15) is 0 Å². The van der Waals surface area contributed by atoms with E-state index in [0.717, 1.165) is 32.1 Å². The molecule has 1 atom stereocenters. The van der Waals surface area contributed by atoms with Crippen molar-refractivity contribution in [1.29, 1.82) is 0 Å². The number of amides is 1. The summed E-state index contributed by atoms with van der Waals surface area (Å²) < 4.78 is 13.9. The molecule has 0 heterocycles. The highest BCUT2D eigenvalue weighted by molar-refractivity contribution is 5.80. The number of carboxylic acids is 1. The van der Waals surface area contributed by atoms with Gasteiger partial charge in [-0.15, -0.1) is 0 Å². The summed E-state index contributed by atoms with van der Waals surface area (Å²) in [6, 6.07) is 0. The number of likely N-dealkylation sites (N-methyl/N-ethyl adjacent to an activating group) is 1. The number of nitrogens with zero attached hydrogens (tertiary/aromatic N) is 1. The molecule has 0 aromatic carbocycles. The van der Waals surface area contributed by atoms with Crippen molar-refractivity contribution >= 4 is 11.9 Å². The Morgan fingerprint density at radius 1 is 1.14 bits per heavy atom. The summed E-state index contributed by atoms with van der Waals surface area (Å²) in [5.74, 6) is -1.65. The van der Waals surface area contributed by atoms with E-state index >= 15 is 0 Å². The van der Waals surface area contributed by atoms with Gasteiger partial charge in [0.25, 0.3) is 5.91 Å². The Kier molecular flexibility index (Phi) is 10.8. The topological polar surface area (TPSA) is 69.2 Å². The molecule has 1 amide bonds. The summed E-state index contributed by atoms with van der Waals surface area (Å²) in [6.07, 6.45) is 4.55. The smallest absolute Gasteiger partial charge is 0.254 e. The number of carbonyl (C=O) groups is 2. The zero-order chi connectivity index (χ0) is 17.0. The lowest BCUT2D eigenvalue weighted by Gasteiger charge is -2.30. The number of nitrogens with one attached hydrogen (secondary N) is 1. The molecule has 0 aliphatic rings. The van der Waals surface area contributed by atoms with Crippen LogP contribution in [0.25, 0.3) is 0 Å². The van der Waals surface area contributed by atoms with Gasteiger partial charge in [-0.05, 0) is 6.42 Å². The van der Waals surface area contributed by atoms with Gasteiger partial charge < -0.3 is 19.7 Å². The maximum Gasteiger partial charge on any atom is 0.254 e. The lowest BCUT2D eigenvalue weighted by Crippen LogP contribution is -2.49. The van der Waals surface area contributed by atoms with Crippen molar-refractivity contribution in [3.05, 3.63) is 0 Å². The predicted octanol–water partition coefficient (Wildman–Crippen LogP) is 1.02. The van der Waals surface area contributed by atoms with Crippen LogP contribution in [0, 0.1) is 0 Å². The molecule has 22 heavy (non-hydrogen) atoms. The van der Waals surface area contributed by atoms with Crippen LogP contribution in [0.5, 0.6) is 0 Å². The number of rotatable bonds is 13. The van der Waals surface area contributed by atoms with E-state index < -0.39 is 18.0 Å². The number of carbonyl (C=O) groups excluding carboxylic acids is 2. The van der Waals surface area contributed by atoms with Gasteiger partial charge in [0.15, 0.2) is 6.17 Å². The normalized spacial score (nSPS) is 12.9. The van der Waals surface area contributed by atoms with Crippen molar-refractivity contribution < 1.29 is 23.6 Å². The molecule has 1 N–H and O–H groups in total. The number of quaternary nitrogens is 1. The van der Waals surface area contributed by atoms with Crippen molar-refractivity contribution in [3.8, 4) is 0 Å². The van der Waals surface area contributed by atoms with Gasteiger partial charge >= 0.3 is 0 Å². The quantitative estimate of drug-likeness (QED) is 0.407. The molecule has 1 unspecified atom stereocenters. The Morgan fingerprint density at radius 3 is 2.36 bits per heavy atom. The van der Waals surface area contributed by atoms with Crippen LogP contribution < -0.4 is 10.4 Å². The zero-order valence-electron chi connectivity index (χ0n) is 14.2. The summed E-state index contributed by atoms with van der Waals surface area (Å²) in [5, 5.41) is 13.1. The Labute approximate surface area is 133 Å². The van der Waals surface area contributed by atoms with Gasteiger partial charge in [0.1, 0.15) is 6.54 Å². The number of hydrogen-bond donors (Lipinski definition) is 1. The van der Waals surface area contributed by atoms with E-state index in [1.54, 1.807) is 14.1 Å². The standard InChI is InChI=1S/C16H31FN2O3/c1-4-5-6-7-8-10-14(17)16(22)18-11-9-12-19(2,3)13-15(20)21/h14H,4-13H2,1-3H3,(H-,18,20,21,22). The number of hydrogen-bond acceptors (Lipinski definition) is 3. The van der Waals surface area contributed by atoms with E-state index in [4.69, 9.17) is 0 Å². The molecule has 0 spiro atoms. The van der Waals surface area contributed by atoms with Crippen LogP contribution in [0.2, 0.25) is 0 Å². The third-order valence-corrected chi connectivity index (χ3v) is 3.64. The van der Waals surface area contributed by atoms with Crippen LogP contribution in [-0.2, 0) is 9.59 Å². The summed E-state index contributed by atoms with van der Waals surface area (Å²) in [6.45, 7) is 3.00. The molecule has 0 fully saturated rings. The van der Waals surface area contributed by atoms with E-state index in [0.29, 0.717) is 19.5 Å². The number of alkyl halides is 1. The van der Waals surface area contributed by atoms with E-state index in [1.165, 1.54) is 0 Å². The number of unbranched alkanes of at least 4 members (excludes halogenated alkanes) is 4. The monoisotopic (exact) mass is 318 g/mol. The Bertz CT molecular complexity index is 335. The highest BCUT2D eigenvalue weighted by Crippen LogP contribution is 2.09. The highest BCUT2D eigenvalue weighted by atomic mass is 19.1. The first kappa shape index (κ1) is 20.8. The molecule has 0 aliphatic carbocycles. The molecule has 5 nitrogen and oxygen atoms in total. The van der Waals surface area contributed by atoms with Gasteiger partial charge in [-0.1, -0.05) is 39.0 Å². The fourth-order valence-corrected chi connectivity index (χ4v) is 2.32. The molecule has 0 saturated heterocycles. The number of carboxylic acid groups (broad SMARTS) is 1. The maximum atomic E-state index is 13.6.